The van der Waals surface area contributed by atoms with Gasteiger partial charge in [0.2, 0.25) is 5.91 Å². The normalized spacial score (nSPS) is 11.3. The summed E-state index contributed by atoms with van der Waals surface area (Å²) in [6.45, 7) is 7.53. The molecule has 1 aromatic rings. The summed E-state index contributed by atoms with van der Waals surface area (Å²) < 4.78 is 0. The maximum absolute atomic E-state index is 11.3. The molecule has 1 aromatic carbocycles. The van der Waals surface area contributed by atoms with E-state index in [9.17, 15) is 4.79 Å². The molecule has 0 aliphatic rings. The number of rotatable bonds is 4. The molecule has 0 atom stereocenters. The van der Waals surface area contributed by atoms with Crippen LogP contribution in [0, 0.1) is 0 Å². The average Bonchev–Trinajstić information content (AvgIpc) is 2.26. The number of hydrogen-bond acceptors (Lipinski definition) is 2. The molecule has 3 heteroatoms. The van der Waals surface area contributed by atoms with E-state index in [2.05, 4.69) is 50.4 Å². The van der Waals surface area contributed by atoms with Crippen LogP contribution in [0.25, 0.3) is 0 Å². The zero-order valence-corrected chi connectivity index (χ0v) is 10.9. The maximum atomic E-state index is 11.3. The number of nitrogens with two attached hydrogens (primary N) is 1. The Morgan fingerprint density at radius 3 is 2.29 bits per heavy atom. The van der Waals surface area contributed by atoms with Gasteiger partial charge in [0.1, 0.15) is 0 Å². The molecule has 0 heterocycles. The van der Waals surface area contributed by atoms with Crippen LogP contribution in [0.3, 0.4) is 0 Å². The van der Waals surface area contributed by atoms with Crippen molar-refractivity contribution in [3.63, 3.8) is 0 Å². The molecule has 0 unspecified atom stereocenters. The quantitative estimate of drug-likeness (QED) is 0.836. The van der Waals surface area contributed by atoms with Crippen LogP contribution >= 0.6 is 0 Å². The van der Waals surface area contributed by atoms with Gasteiger partial charge in [-0.1, -0.05) is 45.0 Å². The Bertz CT molecular complexity index is 363. The van der Waals surface area contributed by atoms with E-state index >= 15 is 0 Å². The van der Waals surface area contributed by atoms with Crippen molar-refractivity contribution in [2.75, 3.05) is 6.54 Å². The molecule has 3 N–H and O–H groups in total. The summed E-state index contributed by atoms with van der Waals surface area (Å²) in [6.07, 6.45) is 0.389. The van der Waals surface area contributed by atoms with Crippen LogP contribution in [0.15, 0.2) is 24.3 Å². The van der Waals surface area contributed by atoms with Gasteiger partial charge in [0.05, 0.1) is 0 Å². The van der Waals surface area contributed by atoms with Crippen LogP contribution in [0.5, 0.6) is 0 Å². The molecular formula is C14H22N2O. The molecule has 0 aliphatic heterocycles. The third kappa shape index (κ3) is 4.57. The van der Waals surface area contributed by atoms with Crippen LogP contribution in [-0.2, 0) is 16.8 Å². The Morgan fingerprint density at radius 1 is 1.24 bits per heavy atom. The highest BCUT2D eigenvalue weighted by atomic mass is 16.1. The zero-order chi connectivity index (χ0) is 12.9. The third-order valence-electron chi connectivity index (χ3n) is 2.68. The van der Waals surface area contributed by atoms with E-state index in [4.69, 9.17) is 5.73 Å². The topological polar surface area (TPSA) is 55.1 Å². The zero-order valence-electron chi connectivity index (χ0n) is 10.9. The van der Waals surface area contributed by atoms with Gasteiger partial charge in [0.15, 0.2) is 0 Å². The van der Waals surface area contributed by atoms with Gasteiger partial charge in [-0.2, -0.15) is 0 Å². The van der Waals surface area contributed by atoms with E-state index in [1.807, 2.05) is 0 Å². The molecule has 1 amide bonds. The molecule has 0 radical (unpaired) electrons. The van der Waals surface area contributed by atoms with Crippen molar-refractivity contribution < 1.29 is 4.79 Å². The fourth-order valence-corrected chi connectivity index (χ4v) is 1.54. The van der Waals surface area contributed by atoms with Gasteiger partial charge in [-0.25, -0.2) is 0 Å². The Balaban J connectivity index is 2.54. The summed E-state index contributed by atoms with van der Waals surface area (Å²) >= 11 is 0. The summed E-state index contributed by atoms with van der Waals surface area (Å²) in [6, 6.07) is 8.35. The first-order valence-corrected chi connectivity index (χ1v) is 5.99. The average molecular weight is 234 g/mol. The van der Waals surface area contributed by atoms with Crippen LogP contribution in [0.2, 0.25) is 0 Å². The summed E-state index contributed by atoms with van der Waals surface area (Å²) in [5.41, 5.74) is 7.89. The molecule has 0 spiro atoms. The number of carbonyl (C=O) groups is 1. The highest BCUT2D eigenvalue weighted by Gasteiger charge is 2.12. The minimum absolute atomic E-state index is 0.00685. The molecule has 3 nitrogen and oxygen atoms in total. The van der Waals surface area contributed by atoms with E-state index in [1.54, 1.807) is 0 Å². The van der Waals surface area contributed by atoms with Gasteiger partial charge < -0.3 is 11.1 Å². The SMILES string of the molecule is CC(C)(C)c1ccc(CNC(=O)CCN)cc1. The maximum Gasteiger partial charge on any atom is 0.221 e. The van der Waals surface area contributed by atoms with Gasteiger partial charge >= 0.3 is 0 Å². The molecule has 0 bridgehead atoms. The first-order chi connectivity index (χ1) is 7.93. The highest BCUT2D eigenvalue weighted by Crippen LogP contribution is 2.22. The number of carbonyl (C=O) groups excluding carboxylic acids is 1. The molecular weight excluding hydrogens is 212 g/mol. The Morgan fingerprint density at radius 2 is 1.82 bits per heavy atom. The van der Waals surface area contributed by atoms with Crippen LogP contribution in [0.4, 0.5) is 0 Å². The number of hydrogen-bond donors (Lipinski definition) is 2. The summed E-state index contributed by atoms with van der Waals surface area (Å²) in [4.78, 5) is 11.3. The van der Waals surface area contributed by atoms with Crippen molar-refractivity contribution >= 4 is 5.91 Å². The predicted octanol–water partition coefficient (Wildman–Crippen LogP) is 1.95. The molecule has 0 fully saturated rings. The van der Waals surface area contributed by atoms with Gasteiger partial charge in [-0.15, -0.1) is 0 Å². The van der Waals surface area contributed by atoms with E-state index in [-0.39, 0.29) is 11.3 Å². The lowest BCUT2D eigenvalue weighted by molar-refractivity contribution is -0.121. The number of nitrogens with one attached hydrogen (secondary N) is 1. The molecule has 0 saturated carbocycles. The van der Waals surface area contributed by atoms with Crippen LogP contribution in [-0.4, -0.2) is 12.5 Å². The largest absolute Gasteiger partial charge is 0.352 e. The molecule has 0 saturated heterocycles. The van der Waals surface area contributed by atoms with Gasteiger partial charge in [0.25, 0.3) is 0 Å². The van der Waals surface area contributed by atoms with E-state index in [0.717, 1.165) is 5.56 Å². The summed E-state index contributed by atoms with van der Waals surface area (Å²) in [5, 5.41) is 2.84. The lowest BCUT2D eigenvalue weighted by Gasteiger charge is -2.19. The molecule has 0 aromatic heterocycles. The fraction of sp³-hybridized carbons (Fsp3) is 0.500. The van der Waals surface area contributed by atoms with Gasteiger partial charge in [0, 0.05) is 19.5 Å². The fourth-order valence-electron chi connectivity index (χ4n) is 1.54. The van der Waals surface area contributed by atoms with Crippen molar-refractivity contribution in [1.82, 2.24) is 5.32 Å². The van der Waals surface area contributed by atoms with Crippen molar-refractivity contribution in [2.24, 2.45) is 5.73 Å². The smallest absolute Gasteiger partial charge is 0.221 e. The van der Waals surface area contributed by atoms with Crippen molar-refractivity contribution in [3.8, 4) is 0 Å². The van der Waals surface area contributed by atoms with Gasteiger partial charge in [-0.3, -0.25) is 4.79 Å². The van der Waals surface area contributed by atoms with Crippen molar-refractivity contribution in [3.05, 3.63) is 35.4 Å². The van der Waals surface area contributed by atoms with Crippen molar-refractivity contribution in [2.45, 2.75) is 39.2 Å². The lowest BCUT2D eigenvalue weighted by Crippen LogP contribution is -2.25. The number of amides is 1. The summed E-state index contributed by atoms with van der Waals surface area (Å²) in [7, 11) is 0. The van der Waals surface area contributed by atoms with Crippen LogP contribution < -0.4 is 11.1 Å². The molecule has 1 rings (SSSR count). The predicted molar refractivity (Wildman–Crippen MR) is 70.7 cm³/mol. The Hall–Kier alpha value is -1.35. The van der Waals surface area contributed by atoms with E-state index in [1.165, 1.54) is 5.56 Å². The molecule has 94 valence electrons. The lowest BCUT2D eigenvalue weighted by atomic mass is 9.87. The summed E-state index contributed by atoms with van der Waals surface area (Å²) in [5.74, 6) is 0.00685. The van der Waals surface area contributed by atoms with Crippen LogP contribution in [0.1, 0.15) is 38.3 Å². The Kier molecular flexibility index (Phi) is 4.70. The monoisotopic (exact) mass is 234 g/mol. The Labute approximate surface area is 103 Å². The van der Waals surface area contributed by atoms with E-state index in [0.29, 0.717) is 19.5 Å². The molecule has 0 aliphatic carbocycles. The number of benzene rings is 1. The van der Waals surface area contributed by atoms with E-state index < -0.39 is 0 Å². The van der Waals surface area contributed by atoms with Gasteiger partial charge in [-0.05, 0) is 16.5 Å². The minimum atomic E-state index is 0.00685. The highest BCUT2D eigenvalue weighted by molar-refractivity contribution is 5.76. The first kappa shape index (κ1) is 13.7. The molecule has 17 heavy (non-hydrogen) atoms. The second kappa shape index (κ2) is 5.82. The second-order valence-corrected chi connectivity index (χ2v) is 5.26. The second-order valence-electron chi connectivity index (χ2n) is 5.26. The van der Waals surface area contributed by atoms with Crippen molar-refractivity contribution in [1.29, 1.82) is 0 Å². The minimum Gasteiger partial charge on any atom is -0.352 e. The third-order valence-corrected chi connectivity index (χ3v) is 2.68. The first-order valence-electron chi connectivity index (χ1n) is 5.99. The standard InChI is InChI=1S/C14H22N2O/c1-14(2,3)12-6-4-11(5-7-12)10-16-13(17)8-9-15/h4-7H,8-10,15H2,1-3H3,(H,16,17).